The quantitative estimate of drug-likeness (QED) is 0.805. The molecule has 0 fully saturated rings. The van der Waals surface area contributed by atoms with Gasteiger partial charge in [0.05, 0.1) is 12.2 Å². The molecule has 1 aliphatic heterocycles. The topological polar surface area (TPSA) is 49.3 Å². The fourth-order valence-electron chi connectivity index (χ4n) is 3.34. The highest BCUT2D eigenvalue weighted by molar-refractivity contribution is 5.77. The van der Waals surface area contributed by atoms with Gasteiger partial charge in [0.2, 0.25) is 5.91 Å². The predicted molar refractivity (Wildman–Crippen MR) is 110 cm³/mol. The Morgan fingerprint density at radius 1 is 1.15 bits per heavy atom. The zero-order valence-corrected chi connectivity index (χ0v) is 17.1. The number of carbonyl (C=O) groups is 1. The maximum Gasteiger partial charge on any atom is 0.223 e. The Kier molecular flexibility index (Phi) is 5.78. The SMILES string of the molecule is CC(C)CC(=O)N1CCc2nc(-c3ccccc3)nc(N(C)C(C)C)c2C1. The first-order chi connectivity index (χ1) is 12.9. The van der Waals surface area contributed by atoms with Crippen molar-refractivity contribution >= 4 is 11.7 Å². The van der Waals surface area contributed by atoms with Crippen LogP contribution >= 0.6 is 0 Å². The predicted octanol–water partition coefficient (Wildman–Crippen LogP) is 3.92. The molecule has 1 aromatic carbocycles. The molecular formula is C22H30N4O. The van der Waals surface area contributed by atoms with Crippen molar-refractivity contribution in [1.82, 2.24) is 14.9 Å². The highest BCUT2D eigenvalue weighted by Crippen LogP contribution is 2.30. The monoisotopic (exact) mass is 366 g/mol. The lowest BCUT2D eigenvalue weighted by Crippen LogP contribution is -2.39. The Morgan fingerprint density at radius 3 is 2.48 bits per heavy atom. The smallest absolute Gasteiger partial charge is 0.223 e. The lowest BCUT2D eigenvalue weighted by atomic mass is 10.0. The molecule has 0 saturated heterocycles. The molecule has 3 rings (SSSR count). The van der Waals surface area contributed by atoms with Crippen LogP contribution in [0.25, 0.3) is 11.4 Å². The van der Waals surface area contributed by atoms with Gasteiger partial charge in [0.25, 0.3) is 0 Å². The number of carbonyl (C=O) groups excluding carboxylic acids is 1. The van der Waals surface area contributed by atoms with Gasteiger partial charge in [0.15, 0.2) is 5.82 Å². The molecule has 0 N–H and O–H groups in total. The van der Waals surface area contributed by atoms with E-state index < -0.39 is 0 Å². The maximum absolute atomic E-state index is 12.6. The molecule has 1 aliphatic rings. The summed E-state index contributed by atoms with van der Waals surface area (Å²) < 4.78 is 0. The van der Waals surface area contributed by atoms with E-state index in [-0.39, 0.29) is 5.91 Å². The van der Waals surface area contributed by atoms with Crippen molar-refractivity contribution in [3.05, 3.63) is 41.6 Å². The molecule has 0 unspecified atom stereocenters. The average molecular weight is 367 g/mol. The fraction of sp³-hybridized carbons (Fsp3) is 0.500. The summed E-state index contributed by atoms with van der Waals surface area (Å²) in [5, 5.41) is 0. The van der Waals surface area contributed by atoms with Crippen LogP contribution in [0, 0.1) is 5.92 Å². The third-order valence-corrected chi connectivity index (χ3v) is 5.11. The summed E-state index contributed by atoms with van der Waals surface area (Å²) in [6.45, 7) is 9.81. The molecule has 5 heteroatoms. The van der Waals surface area contributed by atoms with E-state index in [2.05, 4.69) is 39.6 Å². The van der Waals surface area contributed by atoms with E-state index in [0.29, 0.717) is 24.9 Å². The molecule has 0 saturated carbocycles. The molecular weight excluding hydrogens is 336 g/mol. The van der Waals surface area contributed by atoms with Crippen LogP contribution in [0.4, 0.5) is 5.82 Å². The van der Waals surface area contributed by atoms with Crippen LogP contribution in [0.5, 0.6) is 0 Å². The first kappa shape index (κ1) is 19.3. The van der Waals surface area contributed by atoms with Crippen LogP contribution in [-0.2, 0) is 17.8 Å². The van der Waals surface area contributed by atoms with E-state index in [4.69, 9.17) is 9.97 Å². The largest absolute Gasteiger partial charge is 0.357 e. The van der Waals surface area contributed by atoms with Gasteiger partial charge in [-0.25, -0.2) is 9.97 Å². The number of hydrogen-bond donors (Lipinski definition) is 0. The van der Waals surface area contributed by atoms with E-state index in [1.54, 1.807) is 0 Å². The summed E-state index contributed by atoms with van der Waals surface area (Å²) >= 11 is 0. The molecule has 5 nitrogen and oxygen atoms in total. The van der Waals surface area contributed by atoms with Crippen molar-refractivity contribution in [2.45, 2.75) is 53.1 Å². The second kappa shape index (κ2) is 8.07. The van der Waals surface area contributed by atoms with Crippen LogP contribution in [0.3, 0.4) is 0 Å². The second-order valence-electron chi connectivity index (χ2n) is 8.03. The van der Waals surface area contributed by atoms with Gasteiger partial charge < -0.3 is 9.80 Å². The van der Waals surface area contributed by atoms with Crippen molar-refractivity contribution < 1.29 is 4.79 Å². The summed E-state index contributed by atoms with van der Waals surface area (Å²) in [6.07, 6.45) is 1.37. The Morgan fingerprint density at radius 2 is 1.85 bits per heavy atom. The molecule has 27 heavy (non-hydrogen) atoms. The van der Waals surface area contributed by atoms with E-state index in [9.17, 15) is 4.79 Å². The Hall–Kier alpha value is -2.43. The number of benzene rings is 1. The zero-order chi connectivity index (χ0) is 19.6. The Balaban J connectivity index is 2.01. The van der Waals surface area contributed by atoms with Gasteiger partial charge in [-0.1, -0.05) is 44.2 Å². The summed E-state index contributed by atoms with van der Waals surface area (Å²) in [7, 11) is 2.07. The minimum atomic E-state index is 0.223. The van der Waals surface area contributed by atoms with Gasteiger partial charge in [-0.2, -0.15) is 0 Å². The number of fused-ring (bicyclic) bond motifs is 1. The van der Waals surface area contributed by atoms with Crippen molar-refractivity contribution in [2.24, 2.45) is 5.92 Å². The van der Waals surface area contributed by atoms with E-state index >= 15 is 0 Å². The molecule has 1 amide bonds. The van der Waals surface area contributed by atoms with Crippen LogP contribution in [0.15, 0.2) is 30.3 Å². The number of rotatable bonds is 5. The van der Waals surface area contributed by atoms with Gasteiger partial charge in [0.1, 0.15) is 5.82 Å². The van der Waals surface area contributed by atoms with E-state index in [1.807, 2.05) is 35.2 Å². The van der Waals surface area contributed by atoms with Gasteiger partial charge in [-0.05, 0) is 19.8 Å². The number of nitrogens with zero attached hydrogens (tertiary/aromatic N) is 4. The molecule has 0 atom stereocenters. The van der Waals surface area contributed by atoms with Crippen molar-refractivity contribution in [1.29, 1.82) is 0 Å². The number of anilines is 1. The highest BCUT2D eigenvalue weighted by Gasteiger charge is 2.27. The summed E-state index contributed by atoms with van der Waals surface area (Å²) in [6, 6.07) is 10.4. The molecule has 0 aliphatic carbocycles. The van der Waals surface area contributed by atoms with Crippen molar-refractivity contribution in [3.8, 4) is 11.4 Å². The molecule has 0 radical (unpaired) electrons. The number of amides is 1. The molecule has 144 valence electrons. The first-order valence-corrected chi connectivity index (χ1v) is 9.82. The van der Waals surface area contributed by atoms with Crippen LogP contribution in [-0.4, -0.2) is 40.4 Å². The third kappa shape index (κ3) is 4.29. The molecule has 1 aromatic heterocycles. The molecule has 2 aromatic rings. The number of aromatic nitrogens is 2. The van der Waals surface area contributed by atoms with Crippen LogP contribution < -0.4 is 4.90 Å². The normalized spacial score (nSPS) is 13.8. The summed E-state index contributed by atoms with van der Waals surface area (Å²) in [4.78, 5) is 26.5. The second-order valence-corrected chi connectivity index (χ2v) is 8.03. The van der Waals surface area contributed by atoms with Gasteiger partial charge in [0, 0.05) is 43.6 Å². The van der Waals surface area contributed by atoms with Gasteiger partial charge >= 0.3 is 0 Å². The lowest BCUT2D eigenvalue weighted by Gasteiger charge is -2.33. The number of hydrogen-bond acceptors (Lipinski definition) is 4. The summed E-state index contributed by atoms with van der Waals surface area (Å²) in [5.41, 5.74) is 3.19. The first-order valence-electron chi connectivity index (χ1n) is 9.82. The third-order valence-electron chi connectivity index (χ3n) is 5.11. The van der Waals surface area contributed by atoms with E-state index in [1.165, 1.54) is 0 Å². The van der Waals surface area contributed by atoms with Gasteiger partial charge in [-0.3, -0.25) is 4.79 Å². The standard InChI is InChI=1S/C22H30N4O/c1-15(2)13-20(27)26-12-11-19-18(14-26)22(25(5)16(3)4)24-21(23-19)17-9-7-6-8-10-17/h6-10,15-16H,11-14H2,1-5H3. The molecule has 2 heterocycles. The summed E-state index contributed by atoms with van der Waals surface area (Å²) in [5.74, 6) is 2.30. The van der Waals surface area contributed by atoms with E-state index in [0.717, 1.165) is 41.4 Å². The van der Waals surface area contributed by atoms with Crippen LogP contribution in [0.1, 0.15) is 45.4 Å². The highest BCUT2D eigenvalue weighted by atomic mass is 16.2. The Labute approximate surface area is 162 Å². The fourth-order valence-corrected chi connectivity index (χ4v) is 3.34. The maximum atomic E-state index is 12.6. The average Bonchev–Trinajstić information content (AvgIpc) is 2.66. The van der Waals surface area contributed by atoms with Gasteiger partial charge in [-0.15, -0.1) is 0 Å². The minimum Gasteiger partial charge on any atom is -0.357 e. The minimum absolute atomic E-state index is 0.223. The van der Waals surface area contributed by atoms with Crippen molar-refractivity contribution in [3.63, 3.8) is 0 Å². The Bertz CT molecular complexity index is 801. The molecule has 0 bridgehead atoms. The molecule has 0 spiro atoms. The zero-order valence-electron chi connectivity index (χ0n) is 17.1. The lowest BCUT2D eigenvalue weighted by molar-refractivity contribution is -0.132. The van der Waals surface area contributed by atoms with Crippen molar-refractivity contribution in [2.75, 3.05) is 18.5 Å². The van der Waals surface area contributed by atoms with Crippen LogP contribution in [0.2, 0.25) is 0 Å².